The Labute approximate surface area is 71.9 Å². The van der Waals surface area contributed by atoms with Gasteiger partial charge >= 0.3 is 8.25 Å². The molecular weight excluding hydrogens is 183 g/mol. The molecule has 0 aliphatic carbocycles. The Balaban J connectivity index is 2.10. The summed E-state index contributed by atoms with van der Waals surface area (Å²) in [7, 11) is -0.376. The van der Waals surface area contributed by atoms with Gasteiger partial charge in [0.2, 0.25) is 6.29 Å². The molecule has 6 heteroatoms. The molecule has 2 atom stereocenters. The molecule has 0 amide bonds. The normalized spacial score (nSPS) is 27.4. The van der Waals surface area contributed by atoms with Crippen molar-refractivity contribution >= 4 is 8.25 Å². The fourth-order valence-corrected chi connectivity index (χ4v) is 1.45. The largest absolute Gasteiger partial charge is 0.700 e. The molecule has 1 aliphatic heterocycles. The van der Waals surface area contributed by atoms with Gasteiger partial charge in [-0.25, -0.2) is 0 Å². The first-order valence-corrected chi connectivity index (χ1v) is 4.80. The summed E-state index contributed by atoms with van der Waals surface area (Å²) in [6.07, 6.45) is 0.211. The molecule has 0 aromatic carbocycles. The van der Waals surface area contributed by atoms with E-state index in [1.165, 1.54) is 0 Å². The van der Waals surface area contributed by atoms with Crippen LogP contribution in [0.5, 0.6) is 0 Å². The average molecular weight is 195 g/mol. The summed E-state index contributed by atoms with van der Waals surface area (Å²) in [5.41, 5.74) is 0. The summed E-state index contributed by atoms with van der Waals surface area (Å²) in [6, 6.07) is 0. The minimum absolute atomic E-state index is 0.405. The minimum atomic E-state index is -1.97. The summed E-state index contributed by atoms with van der Waals surface area (Å²) in [5, 5.41) is 0. The third-order valence-electron chi connectivity index (χ3n) is 1.35. The van der Waals surface area contributed by atoms with Crippen LogP contribution in [0, 0.1) is 0 Å². The maximum atomic E-state index is 10.7. The van der Waals surface area contributed by atoms with Gasteiger partial charge in [0.05, 0.1) is 13.2 Å². The Morgan fingerprint density at radius 1 is 1.58 bits per heavy atom. The molecular formula is C6H12O5P+. The predicted molar refractivity (Wildman–Crippen MR) is 40.9 cm³/mol. The summed E-state index contributed by atoms with van der Waals surface area (Å²) < 4.78 is 30.2. The molecule has 0 aromatic rings. The van der Waals surface area contributed by atoms with Crippen molar-refractivity contribution in [3.8, 4) is 0 Å². The Morgan fingerprint density at radius 2 is 2.42 bits per heavy atom. The zero-order valence-corrected chi connectivity index (χ0v) is 7.79. The topological polar surface area (TPSA) is 54.0 Å². The number of ether oxygens (including phenoxy) is 2. The second-order valence-electron chi connectivity index (χ2n) is 2.24. The van der Waals surface area contributed by atoms with Crippen molar-refractivity contribution in [2.24, 2.45) is 0 Å². The molecule has 1 fully saturated rings. The maximum absolute atomic E-state index is 10.7. The van der Waals surface area contributed by atoms with E-state index >= 15 is 0 Å². The van der Waals surface area contributed by atoms with Crippen LogP contribution in [0.3, 0.4) is 0 Å². The van der Waals surface area contributed by atoms with E-state index in [1.807, 2.05) is 0 Å². The number of methoxy groups -OCH3 is 1. The molecule has 0 radical (unpaired) electrons. The fourth-order valence-electron chi connectivity index (χ4n) is 0.779. The monoisotopic (exact) mass is 195 g/mol. The van der Waals surface area contributed by atoms with Crippen LogP contribution in [-0.4, -0.2) is 33.2 Å². The lowest BCUT2D eigenvalue weighted by atomic mass is 10.4. The standard InChI is InChI=1S/C6H12O5P/c1-8-4-5-9-6-2-3-10-12(7)11-6/h6H,2-5H2,1H3/q+1. The molecule has 0 aromatic heterocycles. The zero-order chi connectivity index (χ0) is 8.81. The van der Waals surface area contributed by atoms with Gasteiger partial charge in [0, 0.05) is 18.1 Å². The highest BCUT2D eigenvalue weighted by molar-refractivity contribution is 7.33. The molecule has 0 spiro atoms. The van der Waals surface area contributed by atoms with Gasteiger partial charge in [-0.3, -0.25) is 0 Å². The Bertz CT molecular complexity index is 151. The van der Waals surface area contributed by atoms with Gasteiger partial charge in [0.15, 0.2) is 0 Å². The summed E-state index contributed by atoms with van der Waals surface area (Å²) >= 11 is 0. The first-order valence-electron chi connectivity index (χ1n) is 3.70. The van der Waals surface area contributed by atoms with E-state index < -0.39 is 14.5 Å². The predicted octanol–water partition coefficient (Wildman–Crippen LogP) is 1.07. The molecule has 0 N–H and O–H groups in total. The molecule has 1 saturated heterocycles. The van der Waals surface area contributed by atoms with Gasteiger partial charge < -0.3 is 9.47 Å². The van der Waals surface area contributed by atoms with Crippen molar-refractivity contribution in [1.29, 1.82) is 0 Å². The highest BCUT2D eigenvalue weighted by Gasteiger charge is 2.33. The van der Waals surface area contributed by atoms with E-state index in [0.717, 1.165) is 0 Å². The summed E-state index contributed by atoms with van der Waals surface area (Å²) in [6.45, 7) is 1.38. The van der Waals surface area contributed by atoms with Gasteiger partial charge in [0.25, 0.3) is 0 Å². The fraction of sp³-hybridized carbons (Fsp3) is 1.00. The van der Waals surface area contributed by atoms with Crippen molar-refractivity contribution in [3.63, 3.8) is 0 Å². The van der Waals surface area contributed by atoms with Crippen LogP contribution in [0.1, 0.15) is 6.42 Å². The molecule has 0 bridgehead atoms. The van der Waals surface area contributed by atoms with Gasteiger partial charge in [-0.05, 0) is 0 Å². The van der Waals surface area contributed by atoms with Crippen LogP contribution in [0.15, 0.2) is 0 Å². The van der Waals surface area contributed by atoms with Crippen molar-refractivity contribution < 1.29 is 23.1 Å². The van der Waals surface area contributed by atoms with Gasteiger partial charge in [0.1, 0.15) is 6.61 Å². The van der Waals surface area contributed by atoms with Crippen LogP contribution >= 0.6 is 8.25 Å². The van der Waals surface area contributed by atoms with E-state index in [0.29, 0.717) is 26.2 Å². The Kier molecular flexibility index (Phi) is 4.65. The molecule has 0 saturated carbocycles. The van der Waals surface area contributed by atoms with E-state index in [-0.39, 0.29) is 0 Å². The van der Waals surface area contributed by atoms with E-state index in [1.54, 1.807) is 7.11 Å². The molecule has 5 nitrogen and oxygen atoms in total. The molecule has 2 unspecified atom stereocenters. The first kappa shape index (κ1) is 10.0. The minimum Gasteiger partial charge on any atom is -0.382 e. The van der Waals surface area contributed by atoms with Crippen LogP contribution in [-0.2, 0) is 23.1 Å². The smallest absolute Gasteiger partial charge is 0.382 e. The van der Waals surface area contributed by atoms with E-state index in [9.17, 15) is 4.57 Å². The van der Waals surface area contributed by atoms with Crippen molar-refractivity contribution in [2.45, 2.75) is 12.7 Å². The van der Waals surface area contributed by atoms with Crippen molar-refractivity contribution in [1.82, 2.24) is 0 Å². The third-order valence-corrected chi connectivity index (χ3v) is 2.15. The highest BCUT2D eigenvalue weighted by atomic mass is 31.1. The summed E-state index contributed by atoms with van der Waals surface area (Å²) in [4.78, 5) is 0. The van der Waals surface area contributed by atoms with Gasteiger partial charge in [-0.2, -0.15) is 0 Å². The highest BCUT2D eigenvalue weighted by Crippen LogP contribution is 2.32. The van der Waals surface area contributed by atoms with Gasteiger partial charge in [-0.1, -0.05) is 4.52 Å². The molecule has 12 heavy (non-hydrogen) atoms. The molecule has 70 valence electrons. The average Bonchev–Trinajstić information content (AvgIpc) is 2.05. The van der Waals surface area contributed by atoms with Crippen LogP contribution in [0.25, 0.3) is 0 Å². The van der Waals surface area contributed by atoms with Gasteiger partial charge in [-0.15, -0.1) is 4.52 Å². The summed E-state index contributed by atoms with van der Waals surface area (Å²) in [5.74, 6) is 0. The molecule has 1 aliphatic rings. The number of rotatable bonds is 4. The van der Waals surface area contributed by atoms with Crippen LogP contribution in [0.4, 0.5) is 0 Å². The number of hydrogen-bond donors (Lipinski definition) is 0. The number of hydrogen-bond acceptors (Lipinski definition) is 5. The quantitative estimate of drug-likeness (QED) is 0.496. The first-order chi connectivity index (χ1) is 5.83. The zero-order valence-electron chi connectivity index (χ0n) is 6.89. The Morgan fingerprint density at radius 3 is 3.08 bits per heavy atom. The van der Waals surface area contributed by atoms with Crippen LogP contribution in [0.2, 0.25) is 0 Å². The maximum Gasteiger partial charge on any atom is 0.700 e. The second kappa shape index (κ2) is 5.56. The lowest BCUT2D eigenvalue weighted by Crippen LogP contribution is -2.22. The van der Waals surface area contributed by atoms with Crippen molar-refractivity contribution in [3.05, 3.63) is 0 Å². The third kappa shape index (κ3) is 3.56. The van der Waals surface area contributed by atoms with Crippen molar-refractivity contribution in [2.75, 3.05) is 26.9 Å². The molecule has 1 heterocycles. The van der Waals surface area contributed by atoms with Crippen LogP contribution < -0.4 is 0 Å². The van der Waals surface area contributed by atoms with E-state index in [4.69, 9.17) is 18.5 Å². The lowest BCUT2D eigenvalue weighted by molar-refractivity contribution is -0.117. The Hall–Kier alpha value is -0.0600. The van der Waals surface area contributed by atoms with E-state index in [2.05, 4.69) is 0 Å². The lowest BCUT2D eigenvalue weighted by Gasteiger charge is -2.12. The SMILES string of the molecule is COCCOC1CCO[P+](=O)O1. The second-order valence-corrected chi connectivity index (χ2v) is 3.16. The molecule has 1 rings (SSSR count).